The summed E-state index contributed by atoms with van der Waals surface area (Å²) < 4.78 is 0. The third-order valence-electron chi connectivity index (χ3n) is 5.72. The summed E-state index contributed by atoms with van der Waals surface area (Å²) in [6.45, 7) is -3.56. The predicted octanol–water partition coefficient (Wildman–Crippen LogP) is -8.49. The average Bonchev–Trinajstić information content (AvgIpc) is 3.21. The van der Waals surface area contributed by atoms with E-state index < -0.39 is 133 Å². The summed E-state index contributed by atoms with van der Waals surface area (Å²) >= 11 is 0. The normalized spacial score (nSPS) is 16.5. The van der Waals surface area contributed by atoms with E-state index in [-0.39, 0.29) is 5.25 Å². The van der Waals surface area contributed by atoms with Crippen LogP contribution in [-0.2, 0) is 10.5 Å². The van der Waals surface area contributed by atoms with Crippen molar-refractivity contribution < 1.29 is 112 Å². The highest BCUT2D eigenvalue weighted by Crippen LogP contribution is 2.29. The molecule has 0 amide bonds. The van der Waals surface area contributed by atoms with Gasteiger partial charge >= 0.3 is 5.97 Å². The minimum absolute atomic E-state index is 0.344. The first kappa shape index (κ1) is 61.8. The molecule has 11 atom stereocenters. The molecule has 0 radical (unpaired) electrons. The van der Waals surface area contributed by atoms with E-state index in [1.165, 1.54) is 16.4 Å². The minimum Gasteiger partial charge on any atom is -0.480 e. The van der Waals surface area contributed by atoms with Crippen LogP contribution in [0.3, 0.4) is 0 Å². The molecule has 21 N–H and O–H groups in total. The first-order valence-electron chi connectivity index (χ1n) is 15.7. The highest BCUT2D eigenvalue weighted by molar-refractivity contribution is 8.76. The van der Waals surface area contributed by atoms with E-state index in [1.54, 1.807) is 17.7 Å². The van der Waals surface area contributed by atoms with Crippen LogP contribution >= 0.6 is 21.6 Å². The summed E-state index contributed by atoms with van der Waals surface area (Å²) in [5.41, 5.74) is 1.22. The Morgan fingerprint density at radius 1 is 0.444 bits per heavy atom. The zero-order valence-electron chi connectivity index (χ0n) is 29.6. The van der Waals surface area contributed by atoms with E-state index in [2.05, 4.69) is 0 Å². The van der Waals surface area contributed by atoms with Gasteiger partial charge in [0.15, 0.2) is 0 Å². The SMILES string of the molecule is CC(SSCc1ccccc1)C(=O)O.OC[C@@H](O)[C@@H](O)CO.OC[C@@H](O)[C@@H](O)CO.OC[C@@H](O)[C@@H](O)CO.OC[C@@H](O)[C@@H](O)CO.OC[C@@H](O)[C@@H](O)CO. The van der Waals surface area contributed by atoms with Gasteiger partial charge in [0.1, 0.15) is 66.3 Å². The van der Waals surface area contributed by atoms with Gasteiger partial charge in [-0.25, -0.2) is 0 Å². The number of carboxylic acid groups (broad SMARTS) is 1. The van der Waals surface area contributed by atoms with E-state index in [4.69, 9.17) is 107 Å². The van der Waals surface area contributed by atoms with Crippen LogP contribution in [0, 0.1) is 0 Å². The zero-order valence-corrected chi connectivity index (χ0v) is 31.3. The lowest BCUT2D eigenvalue weighted by molar-refractivity contribution is -0.136. The summed E-state index contributed by atoms with van der Waals surface area (Å²) in [5, 5.41) is 174. The second-order valence-electron chi connectivity index (χ2n) is 10.3. The van der Waals surface area contributed by atoms with Gasteiger partial charge in [-0.15, -0.1) is 0 Å². The van der Waals surface area contributed by atoms with Crippen molar-refractivity contribution in [1.29, 1.82) is 0 Å². The maximum absolute atomic E-state index is 10.5. The number of hydrogen-bond donors (Lipinski definition) is 21. The fourth-order valence-electron chi connectivity index (χ4n) is 2.04. The number of rotatable bonds is 20. The molecule has 0 fully saturated rings. The Kier molecular flexibility index (Phi) is 48.9. The second-order valence-corrected chi connectivity index (χ2v) is 13.0. The molecule has 0 aliphatic heterocycles. The minimum atomic E-state index is -1.22. The Morgan fingerprint density at radius 3 is 0.815 bits per heavy atom. The Bertz CT molecular complexity index is 767. The number of hydrogen-bond acceptors (Lipinski definition) is 23. The van der Waals surface area contributed by atoms with Crippen LogP contribution in [0.15, 0.2) is 30.3 Å². The number of carbonyl (C=O) groups is 1. The third-order valence-corrected chi connectivity index (χ3v) is 8.43. The van der Waals surface area contributed by atoms with Crippen LogP contribution in [-0.4, -0.2) is 246 Å². The van der Waals surface area contributed by atoms with Crippen molar-refractivity contribution >= 4 is 27.6 Å². The van der Waals surface area contributed by atoms with Gasteiger partial charge in [0, 0.05) is 5.75 Å². The molecular formula is C30H62O22S2. The number of aliphatic hydroxyl groups is 20. The zero-order chi connectivity index (χ0) is 43.2. The van der Waals surface area contributed by atoms with Gasteiger partial charge in [-0.3, -0.25) is 4.79 Å². The summed E-state index contributed by atoms with van der Waals surface area (Å²) in [7, 11) is 2.98. The van der Waals surface area contributed by atoms with Crippen LogP contribution in [0.1, 0.15) is 12.5 Å². The highest BCUT2D eigenvalue weighted by atomic mass is 33.1. The highest BCUT2D eigenvalue weighted by Gasteiger charge is 2.15. The monoisotopic (exact) mass is 838 g/mol. The van der Waals surface area contributed by atoms with Crippen molar-refractivity contribution in [3.8, 4) is 0 Å². The van der Waals surface area contributed by atoms with E-state index in [1.807, 2.05) is 30.3 Å². The van der Waals surface area contributed by atoms with E-state index in [0.29, 0.717) is 0 Å². The molecule has 0 spiro atoms. The molecule has 0 aliphatic rings. The fraction of sp³-hybridized carbons (Fsp3) is 0.767. The molecule has 0 saturated carbocycles. The molecule has 1 rings (SSSR count). The Labute approximate surface area is 320 Å². The molecule has 1 unspecified atom stereocenters. The van der Waals surface area contributed by atoms with E-state index in [0.717, 1.165) is 5.75 Å². The predicted molar refractivity (Wildman–Crippen MR) is 193 cm³/mol. The van der Waals surface area contributed by atoms with Crippen LogP contribution in [0.25, 0.3) is 0 Å². The van der Waals surface area contributed by atoms with Gasteiger partial charge in [0.2, 0.25) is 0 Å². The molecular weight excluding hydrogens is 776 g/mol. The maximum Gasteiger partial charge on any atom is 0.317 e. The van der Waals surface area contributed by atoms with Crippen molar-refractivity contribution in [3.05, 3.63) is 35.9 Å². The molecule has 54 heavy (non-hydrogen) atoms. The van der Waals surface area contributed by atoms with Crippen LogP contribution in [0.2, 0.25) is 0 Å². The van der Waals surface area contributed by atoms with Crippen molar-refractivity contribution in [1.82, 2.24) is 0 Å². The number of aliphatic hydroxyl groups excluding tert-OH is 20. The molecule has 0 aromatic heterocycles. The molecule has 0 saturated heterocycles. The lowest BCUT2D eigenvalue weighted by Crippen LogP contribution is -2.31. The summed E-state index contributed by atoms with van der Waals surface area (Å²) in [6, 6.07) is 10.0. The average molecular weight is 839 g/mol. The lowest BCUT2D eigenvalue weighted by Gasteiger charge is -2.10. The molecule has 0 heterocycles. The largest absolute Gasteiger partial charge is 0.480 e. The molecule has 326 valence electrons. The van der Waals surface area contributed by atoms with Crippen molar-refractivity contribution in [2.24, 2.45) is 0 Å². The second kappa shape index (κ2) is 42.7. The molecule has 1 aromatic carbocycles. The summed E-state index contributed by atoms with van der Waals surface area (Å²) in [4.78, 5) is 10.5. The van der Waals surface area contributed by atoms with E-state index >= 15 is 0 Å². The van der Waals surface area contributed by atoms with Crippen molar-refractivity contribution in [2.45, 2.75) is 79.0 Å². The molecule has 0 bridgehead atoms. The van der Waals surface area contributed by atoms with E-state index in [9.17, 15) is 4.79 Å². The van der Waals surface area contributed by atoms with Crippen LogP contribution in [0.5, 0.6) is 0 Å². The van der Waals surface area contributed by atoms with Gasteiger partial charge in [0.05, 0.1) is 66.1 Å². The Morgan fingerprint density at radius 2 is 0.648 bits per heavy atom. The Hall–Kier alpha value is -1.41. The van der Waals surface area contributed by atoms with Gasteiger partial charge < -0.3 is 107 Å². The van der Waals surface area contributed by atoms with Crippen molar-refractivity contribution in [2.75, 3.05) is 66.1 Å². The number of benzene rings is 1. The third kappa shape index (κ3) is 38.8. The van der Waals surface area contributed by atoms with Gasteiger partial charge in [-0.05, 0) is 12.5 Å². The van der Waals surface area contributed by atoms with Gasteiger partial charge in [-0.1, -0.05) is 51.9 Å². The molecule has 24 heteroatoms. The van der Waals surface area contributed by atoms with Crippen LogP contribution in [0.4, 0.5) is 0 Å². The Balaban J connectivity index is -0.000000181. The first-order valence-corrected chi connectivity index (χ1v) is 18.1. The topological polar surface area (TPSA) is 442 Å². The summed E-state index contributed by atoms with van der Waals surface area (Å²) in [6.07, 6.45) is -12.2. The number of carboxylic acids is 1. The molecule has 22 nitrogen and oxygen atoms in total. The summed E-state index contributed by atoms with van der Waals surface area (Å²) in [5.74, 6) is 0.0962. The van der Waals surface area contributed by atoms with Gasteiger partial charge in [0.25, 0.3) is 0 Å². The standard InChI is InChI=1S/C10H12O2S2.5C4H10O4/c1-8(10(11)12)14-13-7-9-5-3-2-4-6-9;5*5-1-3(7)4(8)2-6/h2-6,8H,7H2,1H3,(H,11,12);5*3-8H,1-2H2/t;5*3-,4+. The smallest absolute Gasteiger partial charge is 0.317 e. The molecule has 0 aliphatic carbocycles. The quantitative estimate of drug-likeness (QED) is 0.0542. The van der Waals surface area contributed by atoms with Crippen molar-refractivity contribution in [3.63, 3.8) is 0 Å². The van der Waals surface area contributed by atoms with Crippen LogP contribution < -0.4 is 0 Å². The fourth-order valence-corrected chi connectivity index (χ4v) is 4.19. The number of aliphatic carboxylic acids is 1. The molecule has 1 aromatic rings. The first-order chi connectivity index (χ1) is 25.3. The lowest BCUT2D eigenvalue weighted by atomic mass is 10.2. The van der Waals surface area contributed by atoms with Gasteiger partial charge in [-0.2, -0.15) is 0 Å². The maximum atomic E-state index is 10.5.